The average Bonchev–Trinajstić information content (AvgIpc) is 2.55. The number of hydrogen-bond acceptors (Lipinski definition) is 5. The Morgan fingerprint density at radius 2 is 1.96 bits per heavy atom. The molecule has 0 aliphatic rings. The number of rotatable bonds is 6. The summed E-state index contributed by atoms with van der Waals surface area (Å²) < 4.78 is 0. The molecule has 0 bridgehead atoms. The summed E-state index contributed by atoms with van der Waals surface area (Å²) in [4.78, 5) is 22.5. The molecule has 0 saturated heterocycles. The number of halogens is 1. The van der Waals surface area contributed by atoms with Gasteiger partial charge in [-0.25, -0.2) is 14.8 Å². The molecule has 0 unspecified atom stereocenters. The SMILES string of the molecule is Cc1nc(NCCNC(=O)Nc2cccc(Cl)c2C)cc(N(C)C)n1. The molecule has 2 amide bonds. The topological polar surface area (TPSA) is 82.2 Å². The first-order chi connectivity index (χ1) is 11.9. The van der Waals surface area contributed by atoms with Crippen LogP contribution in [-0.2, 0) is 0 Å². The van der Waals surface area contributed by atoms with Crippen LogP contribution in [0, 0.1) is 13.8 Å². The second-order valence-corrected chi connectivity index (χ2v) is 6.18. The highest BCUT2D eigenvalue weighted by molar-refractivity contribution is 6.31. The van der Waals surface area contributed by atoms with Crippen LogP contribution >= 0.6 is 11.6 Å². The number of carbonyl (C=O) groups excluding carboxylic acids is 1. The monoisotopic (exact) mass is 362 g/mol. The van der Waals surface area contributed by atoms with Gasteiger partial charge in [-0.15, -0.1) is 0 Å². The molecule has 8 heteroatoms. The van der Waals surface area contributed by atoms with Crippen LogP contribution < -0.4 is 20.9 Å². The second-order valence-electron chi connectivity index (χ2n) is 5.77. The first kappa shape index (κ1) is 18.8. The van der Waals surface area contributed by atoms with Gasteiger partial charge >= 0.3 is 6.03 Å². The molecule has 1 aromatic heterocycles. The molecule has 25 heavy (non-hydrogen) atoms. The van der Waals surface area contributed by atoms with E-state index in [1.54, 1.807) is 12.1 Å². The lowest BCUT2D eigenvalue weighted by Crippen LogP contribution is -2.33. The highest BCUT2D eigenvalue weighted by Gasteiger charge is 2.06. The Labute approximate surface area is 152 Å². The molecule has 1 aromatic carbocycles. The standard InChI is InChI=1S/C17H23ClN6O/c1-11-13(18)6-5-7-14(11)23-17(25)20-9-8-19-15-10-16(24(3)4)22-12(2)21-15/h5-7,10H,8-9H2,1-4H3,(H,19,21,22)(H2,20,23,25). The molecule has 0 radical (unpaired) electrons. The molecule has 0 saturated carbocycles. The Balaban J connectivity index is 1.81. The van der Waals surface area contributed by atoms with Crippen molar-refractivity contribution >= 4 is 35.0 Å². The number of urea groups is 1. The lowest BCUT2D eigenvalue weighted by molar-refractivity contribution is 0.252. The summed E-state index contributed by atoms with van der Waals surface area (Å²) in [5.41, 5.74) is 1.53. The molecule has 2 aromatic rings. The van der Waals surface area contributed by atoms with Crippen LogP contribution in [0.2, 0.25) is 5.02 Å². The van der Waals surface area contributed by atoms with E-state index in [0.717, 1.165) is 17.2 Å². The number of benzene rings is 1. The second kappa shape index (κ2) is 8.53. The number of hydrogen-bond donors (Lipinski definition) is 3. The van der Waals surface area contributed by atoms with E-state index < -0.39 is 0 Å². The fourth-order valence-corrected chi connectivity index (χ4v) is 2.32. The van der Waals surface area contributed by atoms with Gasteiger partial charge in [-0.2, -0.15) is 0 Å². The maximum atomic E-state index is 12.0. The van der Waals surface area contributed by atoms with Crippen LogP contribution in [0.25, 0.3) is 0 Å². The van der Waals surface area contributed by atoms with Gasteiger partial charge in [0.2, 0.25) is 0 Å². The fraction of sp³-hybridized carbons (Fsp3) is 0.353. The molecular formula is C17H23ClN6O. The lowest BCUT2D eigenvalue weighted by Gasteiger charge is -2.14. The van der Waals surface area contributed by atoms with E-state index in [-0.39, 0.29) is 6.03 Å². The van der Waals surface area contributed by atoms with E-state index in [0.29, 0.717) is 29.6 Å². The van der Waals surface area contributed by atoms with Gasteiger partial charge in [0.15, 0.2) is 0 Å². The summed E-state index contributed by atoms with van der Waals surface area (Å²) in [6.07, 6.45) is 0. The smallest absolute Gasteiger partial charge is 0.319 e. The highest BCUT2D eigenvalue weighted by Crippen LogP contribution is 2.22. The molecule has 0 aliphatic heterocycles. The first-order valence-electron chi connectivity index (χ1n) is 7.93. The van der Waals surface area contributed by atoms with Crippen molar-refractivity contribution < 1.29 is 4.79 Å². The van der Waals surface area contributed by atoms with Gasteiger partial charge in [-0.3, -0.25) is 0 Å². The minimum absolute atomic E-state index is 0.278. The van der Waals surface area contributed by atoms with Gasteiger partial charge in [0.05, 0.1) is 0 Å². The molecule has 2 rings (SSSR count). The normalized spacial score (nSPS) is 10.3. The Bertz CT molecular complexity index is 750. The van der Waals surface area contributed by atoms with E-state index in [1.807, 2.05) is 45.0 Å². The van der Waals surface area contributed by atoms with Gasteiger partial charge in [-0.05, 0) is 31.5 Å². The molecular weight excluding hydrogens is 340 g/mol. The van der Waals surface area contributed by atoms with Crippen LogP contribution in [-0.4, -0.2) is 43.2 Å². The van der Waals surface area contributed by atoms with Gasteiger partial charge in [-0.1, -0.05) is 17.7 Å². The lowest BCUT2D eigenvalue weighted by atomic mass is 10.2. The number of aryl methyl sites for hydroxylation is 1. The molecule has 0 spiro atoms. The number of carbonyl (C=O) groups is 1. The van der Waals surface area contributed by atoms with Gasteiger partial charge in [0.1, 0.15) is 17.5 Å². The minimum atomic E-state index is -0.278. The predicted octanol–water partition coefficient (Wildman–Crippen LogP) is 3.05. The van der Waals surface area contributed by atoms with Crippen LogP contribution in [0.4, 0.5) is 22.1 Å². The quantitative estimate of drug-likeness (QED) is 0.688. The summed E-state index contributed by atoms with van der Waals surface area (Å²) in [6.45, 7) is 4.70. The zero-order chi connectivity index (χ0) is 18.4. The third-order valence-electron chi connectivity index (χ3n) is 3.52. The third-order valence-corrected chi connectivity index (χ3v) is 3.92. The molecule has 0 atom stereocenters. The van der Waals surface area contributed by atoms with E-state index in [2.05, 4.69) is 25.9 Å². The van der Waals surface area contributed by atoms with Gasteiger partial charge < -0.3 is 20.9 Å². The number of anilines is 3. The average molecular weight is 363 g/mol. The van der Waals surface area contributed by atoms with Gasteiger partial charge in [0, 0.05) is 44.0 Å². The largest absolute Gasteiger partial charge is 0.368 e. The van der Waals surface area contributed by atoms with Crippen LogP contribution in [0.5, 0.6) is 0 Å². The predicted molar refractivity (Wildman–Crippen MR) is 103 cm³/mol. The zero-order valence-electron chi connectivity index (χ0n) is 14.9. The highest BCUT2D eigenvalue weighted by atomic mass is 35.5. The maximum absolute atomic E-state index is 12.0. The van der Waals surface area contributed by atoms with Crippen LogP contribution in [0.15, 0.2) is 24.3 Å². The third kappa shape index (κ3) is 5.49. The molecule has 3 N–H and O–H groups in total. The van der Waals surface area contributed by atoms with Crippen molar-refractivity contribution in [3.05, 3.63) is 40.7 Å². The van der Waals surface area contributed by atoms with Crippen molar-refractivity contribution in [3.63, 3.8) is 0 Å². The van der Waals surface area contributed by atoms with E-state index in [4.69, 9.17) is 11.6 Å². The van der Waals surface area contributed by atoms with Gasteiger partial charge in [0.25, 0.3) is 0 Å². The number of amides is 2. The Kier molecular flexibility index (Phi) is 6.41. The molecule has 1 heterocycles. The summed E-state index contributed by atoms with van der Waals surface area (Å²) in [5, 5.41) is 9.38. The first-order valence-corrected chi connectivity index (χ1v) is 8.31. The van der Waals surface area contributed by atoms with Crippen molar-refractivity contribution in [2.75, 3.05) is 42.7 Å². The Morgan fingerprint density at radius 1 is 1.20 bits per heavy atom. The van der Waals surface area contributed by atoms with E-state index in [1.165, 1.54) is 0 Å². The van der Waals surface area contributed by atoms with Crippen molar-refractivity contribution in [2.24, 2.45) is 0 Å². The van der Waals surface area contributed by atoms with Crippen molar-refractivity contribution in [3.8, 4) is 0 Å². The molecule has 134 valence electrons. The minimum Gasteiger partial charge on any atom is -0.368 e. The van der Waals surface area contributed by atoms with E-state index >= 15 is 0 Å². The summed E-state index contributed by atoms with van der Waals surface area (Å²) >= 11 is 6.04. The molecule has 7 nitrogen and oxygen atoms in total. The molecule has 0 fully saturated rings. The Hall–Kier alpha value is -2.54. The number of nitrogens with zero attached hydrogens (tertiary/aromatic N) is 3. The van der Waals surface area contributed by atoms with Crippen molar-refractivity contribution in [1.82, 2.24) is 15.3 Å². The van der Waals surface area contributed by atoms with Crippen molar-refractivity contribution in [1.29, 1.82) is 0 Å². The summed E-state index contributed by atoms with van der Waals surface area (Å²) in [6, 6.07) is 6.98. The number of nitrogens with one attached hydrogen (secondary N) is 3. The molecule has 0 aliphatic carbocycles. The van der Waals surface area contributed by atoms with Crippen LogP contribution in [0.1, 0.15) is 11.4 Å². The van der Waals surface area contributed by atoms with Crippen molar-refractivity contribution in [2.45, 2.75) is 13.8 Å². The Morgan fingerprint density at radius 3 is 2.68 bits per heavy atom. The van der Waals surface area contributed by atoms with Crippen LogP contribution in [0.3, 0.4) is 0 Å². The maximum Gasteiger partial charge on any atom is 0.319 e. The fourth-order valence-electron chi connectivity index (χ4n) is 2.15. The summed E-state index contributed by atoms with van der Waals surface area (Å²) in [5.74, 6) is 2.25. The zero-order valence-corrected chi connectivity index (χ0v) is 15.6. The van der Waals surface area contributed by atoms with E-state index in [9.17, 15) is 4.79 Å². The number of aromatic nitrogens is 2. The summed E-state index contributed by atoms with van der Waals surface area (Å²) in [7, 11) is 3.85.